The molecule has 0 saturated carbocycles. The number of hydrogen-bond donors (Lipinski definition) is 1. The summed E-state index contributed by atoms with van der Waals surface area (Å²) >= 11 is 0. The van der Waals surface area contributed by atoms with E-state index in [4.69, 9.17) is 4.74 Å². The molecule has 86 valence electrons. The Morgan fingerprint density at radius 2 is 2.12 bits per heavy atom. The van der Waals surface area contributed by atoms with Crippen molar-refractivity contribution in [2.24, 2.45) is 0 Å². The first-order chi connectivity index (χ1) is 7.56. The topological polar surface area (TPSA) is 76.5 Å². The number of aromatic nitrogens is 1. The third kappa shape index (κ3) is 2.79. The van der Waals surface area contributed by atoms with Crippen molar-refractivity contribution in [1.29, 1.82) is 0 Å². The van der Waals surface area contributed by atoms with Gasteiger partial charge in [-0.3, -0.25) is 14.6 Å². The molecule has 1 heterocycles. The third-order valence-electron chi connectivity index (χ3n) is 2.00. The van der Waals surface area contributed by atoms with Crippen molar-refractivity contribution in [3.63, 3.8) is 0 Å². The maximum Gasteiger partial charge on any atom is 0.310 e. The summed E-state index contributed by atoms with van der Waals surface area (Å²) in [7, 11) is 0. The molecule has 1 N–H and O–H groups in total. The van der Waals surface area contributed by atoms with Crippen LogP contribution in [0.15, 0.2) is 12.4 Å². The number of hydrogen-bond acceptors (Lipinski definition) is 5. The number of ketones is 1. The van der Waals surface area contributed by atoms with Gasteiger partial charge in [-0.15, -0.1) is 0 Å². The summed E-state index contributed by atoms with van der Waals surface area (Å²) in [4.78, 5) is 26.3. The number of ether oxygens (including phenoxy) is 1. The molecule has 0 atom stereocenters. The van der Waals surface area contributed by atoms with Gasteiger partial charge in [0.2, 0.25) is 0 Å². The van der Waals surface area contributed by atoms with Gasteiger partial charge in [0, 0.05) is 6.20 Å². The van der Waals surface area contributed by atoms with E-state index < -0.39 is 5.97 Å². The fourth-order valence-corrected chi connectivity index (χ4v) is 1.40. The Labute approximate surface area is 93.1 Å². The monoisotopic (exact) mass is 223 g/mol. The van der Waals surface area contributed by atoms with E-state index in [1.807, 2.05) is 0 Å². The fraction of sp³-hybridized carbons (Fsp3) is 0.364. The lowest BCUT2D eigenvalue weighted by molar-refractivity contribution is -0.142. The molecular weight excluding hydrogens is 210 g/mol. The van der Waals surface area contributed by atoms with Crippen LogP contribution in [0.25, 0.3) is 0 Å². The van der Waals surface area contributed by atoms with Gasteiger partial charge in [0.1, 0.15) is 5.75 Å². The van der Waals surface area contributed by atoms with E-state index in [0.717, 1.165) is 0 Å². The minimum Gasteiger partial charge on any atom is -0.506 e. The van der Waals surface area contributed by atoms with E-state index in [-0.39, 0.29) is 30.1 Å². The number of carbonyl (C=O) groups excluding carboxylic acids is 2. The Morgan fingerprint density at radius 1 is 1.44 bits per heavy atom. The molecule has 1 aromatic heterocycles. The zero-order chi connectivity index (χ0) is 12.1. The summed E-state index contributed by atoms with van der Waals surface area (Å²) in [6, 6.07) is 0. The lowest BCUT2D eigenvalue weighted by Gasteiger charge is -2.07. The molecule has 0 bridgehead atoms. The molecule has 0 aliphatic carbocycles. The van der Waals surface area contributed by atoms with Crippen LogP contribution in [0.2, 0.25) is 0 Å². The standard InChI is InChI=1S/C11H13NO4/c1-3-16-10(15)4-8-5-12-6-9(14)11(8)7(2)13/h5-6,14H,3-4H2,1-2H3. The molecule has 0 saturated heterocycles. The molecule has 0 aliphatic heterocycles. The average molecular weight is 223 g/mol. The second-order valence-electron chi connectivity index (χ2n) is 3.23. The predicted molar refractivity (Wildman–Crippen MR) is 56.2 cm³/mol. The highest BCUT2D eigenvalue weighted by atomic mass is 16.5. The summed E-state index contributed by atoms with van der Waals surface area (Å²) in [5.74, 6) is -0.967. The third-order valence-corrected chi connectivity index (χ3v) is 2.00. The predicted octanol–water partition coefficient (Wildman–Crippen LogP) is 1.10. The highest BCUT2D eigenvalue weighted by molar-refractivity contribution is 5.98. The Morgan fingerprint density at radius 3 is 2.69 bits per heavy atom. The van der Waals surface area contributed by atoms with Crippen LogP contribution >= 0.6 is 0 Å². The number of Topliss-reactive ketones (excluding diaryl/α,β-unsaturated/α-hetero) is 1. The van der Waals surface area contributed by atoms with E-state index in [0.29, 0.717) is 5.56 Å². The molecule has 5 nitrogen and oxygen atoms in total. The molecule has 0 fully saturated rings. The Bertz CT molecular complexity index is 414. The first-order valence-corrected chi connectivity index (χ1v) is 4.88. The van der Waals surface area contributed by atoms with Crippen LogP contribution in [-0.4, -0.2) is 28.4 Å². The van der Waals surface area contributed by atoms with Crippen LogP contribution < -0.4 is 0 Å². The SMILES string of the molecule is CCOC(=O)Cc1cncc(O)c1C(C)=O. The zero-order valence-corrected chi connectivity index (χ0v) is 9.19. The molecule has 0 radical (unpaired) electrons. The van der Waals surface area contributed by atoms with E-state index in [9.17, 15) is 14.7 Å². The Kier molecular flexibility index (Phi) is 3.99. The Balaban J connectivity index is 3.00. The lowest BCUT2D eigenvalue weighted by atomic mass is 10.0. The molecule has 1 rings (SSSR count). The summed E-state index contributed by atoms with van der Waals surface area (Å²) < 4.78 is 4.76. The van der Waals surface area contributed by atoms with E-state index in [1.165, 1.54) is 19.3 Å². The van der Waals surface area contributed by atoms with Gasteiger partial charge in [-0.05, 0) is 19.4 Å². The van der Waals surface area contributed by atoms with Crippen molar-refractivity contribution >= 4 is 11.8 Å². The van der Waals surface area contributed by atoms with Gasteiger partial charge >= 0.3 is 5.97 Å². The normalized spacial score (nSPS) is 9.88. The highest BCUT2D eigenvalue weighted by Crippen LogP contribution is 2.20. The number of carbonyl (C=O) groups is 2. The van der Waals surface area contributed by atoms with Crippen molar-refractivity contribution in [3.05, 3.63) is 23.5 Å². The molecule has 0 aromatic carbocycles. The van der Waals surface area contributed by atoms with Crippen molar-refractivity contribution in [2.75, 3.05) is 6.61 Å². The van der Waals surface area contributed by atoms with Crippen LogP contribution in [-0.2, 0) is 16.0 Å². The summed E-state index contributed by atoms with van der Waals surface area (Å²) in [6.45, 7) is 3.30. The zero-order valence-electron chi connectivity index (χ0n) is 9.19. The van der Waals surface area contributed by atoms with E-state index >= 15 is 0 Å². The van der Waals surface area contributed by atoms with Crippen LogP contribution in [0.1, 0.15) is 29.8 Å². The number of pyridine rings is 1. The van der Waals surface area contributed by atoms with Crippen LogP contribution in [0.4, 0.5) is 0 Å². The molecule has 1 aromatic rings. The van der Waals surface area contributed by atoms with Crippen molar-refractivity contribution < 1.29 is 19.4 Å². The van der Waals surface area contributed by atoms with E-state index in [2.05, 4.69) is 4.98 Å². The quantitative estimate of drug-likeness (QED) is 0.610. The molecule has 0 unspecified atom stereocenters. The van der Waals surface area contributed by atoms with Gasteiger partial charge in [-0.2, -0.15) is 0 Å². The van der Waals surface area contributed by atoms with Gasteiger partial charge in [-0.25, -0.2) is 0 Å². The van der Waals surface area contributed by atoms with Gasteiger partial charge in [0.15, 0.2) is 5.78 Å². The molecule has 0 spiro atoms. The van der Waals surface area contributed by atoms with Crippen molar-refractivity contribution in [3.8, 4) is 5.75 Å². The summed E-state index contributed by atoms with van der Waals surface area (Å²) in [5, 5.41) is 9.47. The number of nitrogens with zero attached hydrogens (tertiary/aromatic N) is 1. The first kappa shape index (κ1) is 12.2. The van der Waals surface area contributed by atoms with Crippen LogP contribution in [0, 0.1) is 0 Å². The largest absolute Gasteiger partial charge is 0.506 e. The van der Waals surface area contributed by atoms with E-state index in [1.54, 1.807) is 6.92 Å². The van der Waals surface area contributed by atoms with Crippen LogP contribution in [0.5, 0.6) is 5.75 Å². The van der Waals surface area contributed by atoms with Crippen molar-refractivity contribution in [1.82, 2.24) is 4.98 Å². The van der Waals surface area contributed by atoms with Gasteiger partial charge in [-0.1, -0.05) is 0 Å². The molecule has 0 aliphatic rings. The average Bonchev–Trinajstić information content (AvgIpc) is 2.17. The van der Waals surface area contributed by atoms with Crippen molar-refractivity contribution in [2.45, 2.75) is 20.3 Å². The van der Waals surface area contributed by atoms with Gasteiger partial charge in [0.05, 0.1) is 24.8 Å². The van der Waals surface area contributed by atoms with Crippen LogP contribution in [0.3, 0.4) is 0 Å². The first-order valence-electron chi connectivity index (χ1n) is 4.88. The highest BCUT2D eigenvalue weighted by Gasteiger charge is 2.16. The second-order valence-corrected chi connectivity index (χ2v) is 3.23. The molecule has 0 amide bonds. The Hall–Kier alpha value is -1.91. The maximum absolute atomic E-state index is 11.3. The number of rotatable bonds is 4. The second kappa shape index (κ2) is 5.25. The van der Waals surface area contributed by atoms with Gasteiger partial charge in [0.25, 0.3) is 0 Å². The minimum absolute atomic E-state index is 0.0653. The molecule has 16 heavy (non-hydrogen) atoms. The molecule has 5 heteroatoms. The minimum atomic E-state index is -0.447. The number of esters is 1. The smallest absolute Gasteiger partial charge is 0.310 e. The lowest BCUT2D eigenvalue weighted by Crippen LogP contribution is -2.11. The fourth-order valence-electron chi connectivity index (χ4n) is 1.40. The number of aromatic hydroxyl groups is 1. The maximum atomic E-state index is 11.3. The summed E-state index contributed by atoms with van der Waals surface area (Å²) in [6.07, 6.45) is 2.49. The van der Waals surface area contributed by atoms with Gasteiger partial charge < -0.3 is 9.84 Å². The summed E-state index contributed by atoms with van der Waals surface area (Å²) in [5.41, 5.74) is 0.508. The molecular formula is C11H13NO4.